The molecule has 3 aromatic rings. The number of benzene rings is 2. The smallest absolute Gasteiger partial charge is 0.206 e. The number of hydrogen-bond acceptors (Lipinski definition) is 7. The van der Waals surface area contributed by atoms with Crippen molar-refractivity contribution in [2.45, 2.75) is 26.3 Å². The Morgan fingerprint density at radius 2 is 1.90 bits per heavy atom. The molecule has 6 nitrogen and oxygen atoms in total. The van der Waals surface area contributed by atoms with E-state index in [4.69, 9.17) is 20.3 Å². The van der Waals surface area contributed by atoms with Gasteiger partial charge < -0.3 is 15.2 Å². The molecule has 0 saturated carbocycles. The largest absolute Gasteiger partial charge is 0.493 e. The fourth-order valence-corrected chi connectivity index (χ4v) is 4.27. The standard InChI is InChI=1S/C22H24N4O2S/c1-13-9-15(5-6-18(13)23)21-17-12-20(28-4)19(27-3)11-16(17)10-14(2)26(25-21)22-24-7-8-29-22/h5-9,11-12,14H,10,23H2,1-4H3/t14-/m1/s1. The SMILES string of the molecule is COc1cc2c(cc1OC)C(c1ccc(N)c(C)c1)=NN(c1nccs1)[C@H](C)C2. The molecule has 0 radical (unpaired) electrons. The normalized spacial score (nSPS) is 16.1. The Bertz CT molecular complexity index is 1060. The van der Waals surface area contributed by atoms with Crippen molar-refractivity contribution >= 4 is 27.9 Å². The van der Waals surface area contributed by atoms with Gasteiger partial charge in [0.25, 0.3) is 0 Å². The van der Waals surface area contributed by atoms with Crippen molar-refractivity contribution < 1.29 is 9.47 Å². The number of aromatic nitrogens is 1. The summed E-state index contributed by atoms with van der Waals surface area (Å²) >= 11 is 1.58. The number of hydrazone groups is 1. The van der Waals surface area contributed by atoms with Gasteiger partial charge in [0.2, 0.25) is 5.13 Å². The number of nitrogens with zero attached hydrogens (tertiary/aromatic N) is 3. The molecule has 1 aliphatic heterocycles. The summed E-state index contributed by atoms with van der Waals surface area (Å²) in [5, 5.41) is 9.91. The van der Waals surface area contributed by atoms with Gasteiger partial charge in [-0.25, -0.2) is 9.99 Å². The molecule has 1 atom stereocenters. The molecule has 0 unspecified atom stereocenters. The summed E-state index contributed by atoms with van der Waals surface area (Å²) in [6.07, 6.45) is 2.61. The molecule has 0 amide bonds. The Labute approximate surface area is 174 Å². The van der Waals surface area contributed by atoms with Gasteiger partial charge in [-0.15, -0.1) is 11.3 Å². The Morgan fingerprint density at radius 1 is 1.14 bits per heavy atom. The van der Waals surface area contributed by atoms with E-state index in [0.717, 1.165) is 45.2 Å². The van der Waals surface area contributed by atoms with E-state index in [9.17, 15) is 0 Å². The average Bonchev–Trinajstić information content (AvgIpc) is 3.20. The van der Waals surface area contributed by atoms with Crippen LogP contribution in [-0.4, -0.2) is 31.0 Å². The Morgan fingerprint density at radius 3 is 2.55 bits per heavy atom. The fourth-order valence-electron chi connectivity index (χ4n) is 3.57. The van der Waals surface area contributed by atoms with Gasteiger partial charge in [0.15, 0.2) is 11.5 Å². The third-order valence-corrected chi connectivity index (χ3v) is 5.92. The fraction of sp³-hybridized carbons (Fsp3) is 0.273. The van der Waals surface area contributed by atoms with Crippen molar-refractivity contribution in [2.24, 2.45) is 5.10 Å². The molecule has 4 rings (SSSR count). The first-order valence-corrected chi connectivity index (χ1v) is 10.3. The molecule has 7 heteroatoms. The maximum Gasteiger partial charge on any atom is 0.206 e. The van der Waals surface area contributed by atoms with Crippen LogP contribution in [0.4, 0.5) is 10.8 Å². The summed E-state index contributed by atoms with van der Waals surface area (Å²) in [6, 6.07) is 10.2. The summed E-state index contributed by atoms with van der Waals surface area (Å²) in [5.74, 6) is 1.40. The van der Waals surface area contributed by atoms with E-state index in [-0.39, 0.29) is 6.04 Å². The molecule has 2 heterocycles. The first kappa shape index (κ1) is 19.3. The number of aryl methyl sites for hydroxylation is 1. The van der Waals surface area contributed by atoms with Gasteiger partial charge in [-0.05, 0) is 55.7 Å². The molecular weight excluding hydrogens is 384 g/mol. The van der Waals surface area contributed by atoms with Crippen LogP contribution >= 0.6 is 11.3 Å². The third kappa shape index (κ3) is 3.53. The molecule has 29 heavy (non-hydrogen) atoms. The summed E-state index contributed by atoms with van der Waals surface area (Å²) in [6.45, 7) is 4.16. The zero-order chi connectivity index (χ0) is 20.5. The molecular formula is C22H24N4O2S. The lowest BCUT2D eigenvalue weighted by molar-refractivity contribution is 0.354. The summed E-state index contributed by atoms with van der Waals surface area (Å²) in [4.78, 5) is 4.49. The van der Waals surface area contributed by atoms with E-state index in [1.807, 2.05) is 35.5 Å². The highest BCUT2D eigenvalue weighted by Crippen LogP contribution is 2.36. The molecule has 0 aliphatic carbocycles. The van der Waals surface area contributed by atoms with Gasteiger partial charge in [0, 0.05) is 28.4 Å². The molecule has 0 saturated heterocycles. The van der Waals surface area contributed by atoms with E-state index < -0.39 is 0 Å². The zero-order valence-corrected chi connectivity index (χ0v) is 17.8. The van der Waals surface area contributed by atoms with Crippen LogP contribution in [0, 0.1) is 6.92 Å². The van der Waals surface area contributed by atoms with Gasteiger partial charge in [0.1, 0.15) is 0 Å². The van der Waals surface area contributed by atoms with Crippen molar-refractivity contribution in [3.05, 3.63) is 64.2 Å². The predicted octanol–water partition coefficient (Wildman–Crippen LogP) is 4.25. The zero-order valence-electron chi connectivity index (χ0n) is 17.0. The highest BCUT2D eigenvalue weighted by molar-refractivity contribution is 7.13. The van der Waals surface area contributed by atoms with Crippen LogP contribution in [0.15, 0.2) is 47.0 Å². The minimum absolute atomic E-state index is 0.130. The number of rotatable bonds is 4. The van der Waals surface area contributed by atoms with Crippen LogP contribution in [-0.2, 0) is 6.42 Å². The topological polar surface area (TPSA) is 73.0 Å². The molecule has 0 bridgehead atoms. The minimum Gasteiger partial charge on any atom is -0.493 e. The molecule has 1 aromatic heterocycles. The first-order valence-electron chi connectivity index (χ1n) is 9.41. The van der Waals surface area contributed by atoms with Crippen LogP contribution in [0.2, 0.25) is 0 Å². The lowest BCUT2D eigenvalue weighted by Crippen LogP contribution is -2.29. The van der Waals surface area contributed by atoms with Crippen LogP contribution in [0.5, 0.6) is 11.5 Å². The Balaban J connectivity index is 1.96. The van der Waals surface area contributed by atoms with Crippen LogP contribution in [0.3, 0.4) is 0 Å². The molecule has 1 aliphatic rings. The van der Waals surface area contributed by atoms with Gasteiger partial charge in [-0.1, -0.05) is 6.07 Å². The Hall–Kier alpha value is -3.06. The van der Waals surface area contributed by atoms with E-state index in [1.165, 1.54) is 0 Å². The average molecular weight is 409 g/mol. The maximum absolute atomic E-state index is 6.06. The van der Waals surface area contributed by atoms with E-state index in [0.29, 0.717) is 11.5 Å². The van der Waals surface area contributed by atoms with Crippen molar-refractivity contribution in [1.29, 1.82) is 0 Å². The lowest BCUT2D eigenvalue weighted by atomic mass is 9.93. The molecule has 0 fully saturated rings. The summed E-state index contributed by atoms with van der Waals surface area (Å²) in [7, 11) is 3.31. The Kier molecular flexibility index (Phi) is 5.15. The quantitative estimate of drug-likeness (QED) is 0.653. The summed E-state index contributed by atoms with van der Waals surface area (Å²) < 4.78 is 11.1. The van der Waals surface area contributed by atoms with Crippen molar-refractivity contribution in [1.82, 2.24) is 4.98 Å². The van der Waals surface area contributed by atoms with Gasteiger partial charge in [0.05, 0.1) is 26.0 Å². The number of hydrogen-bond donors (Lipinski definition) is 1. The second-order valence-electron chi connectivity index (χ2n) is 7.10. The third-order valence-electron chi connectivity index (χ3n) is 5.16. The van der Waals surface area contributed by atoms with Crippen molar-refractivity contribution in [3.8, 4) is 11.5 Å². The lowest BCUT2D eigenvalue weighted by Gasteiger charge is -2.22. The van der Waals surface area contributed by atoms with Crippen LogP contribution in [0.25, 0.3) is 0 Å². The molecule has 150 valence electrons. The monoisotopic (exact) mass is 408 g/mol. The number of nitrogens with two attached hydrogens (primary N) is 1. The number of methoxy groups -OCH3 is 2. The second kappa shape index (κ2) is 7.75. The second-order valence-corrected chi connectivity index (χ2v) is 7.97. The number of ether oxygens (including phenoxy) is 2. The number of nitrogen functional groups attached to an aromatic ring is 1. The highest BCUT2D eigenvalue weighted by atomic mass is 32.1. The van der Waals surface area contributed by atoms with Gasteiger partial charge >= 0.3 is 0 Å². The molecule has 2 aromatic carbocycles. The maximum atomic E-state index is 6.06. The van der Waals surface area contributed by atoms with E-state index >= 15 is 0 Å². The van der Waals surface area contributed by atoms with Crippen molar-refractivity contribution in [3.63, 3.8) is 0 Å². The summed E-state index contributed by atoms with van der Waals surface area (Å²) in [5.41, 5.74) is 11.9. The van der Waals surface area contributed by atoms with E-state index in [2.05, 4.69) is 24.0 Å². The van der Waals surface area contributed by atoms with Crippen LogP contribution in [0.1, 0.15) is 29.2 Å². The van der Waals surface area contributed by atoms with Crippen molar-refractivity contribution in [2.75, 3.05) is 25.0 Å². The number of anilines is 2. The molecule has 0 spiro atoms. The minimum atomic E-state index is 0.130. The predicted molar refractivity (Wildman–Crippen MR) is 119 cm³/mol. The van der Waals surface area contributed by atoms with Gasteiger partial charge in [-0.2, -0.15) is 5.10 Å². The first-order chi connectivity index (χ1) is 14.0. The van der Waals surface area contributed by atoms with E-state index in [1.54, 1.807) is 31.8 Å². The molecule has 2 N–H and O–H groups in total. The number of thiazole rings is 1. The van der Waals surface area contributed by atoms with Crippen LogP contribution < -0.4 is 20.2 Å². The van der Waals surface area contributed by atoms with Gasteiger partial charge in [-0.3, -0.25) is 0 Å². The number of fused-ring (bicyclic) bond motifs is 1. The highest BCUT2D eigenvalue weighted by Gasteiger charge is 2.27.